The van der Waals surface area contributed by atoms with Crippen molar-refractivity contribution >= 4 is 14.8 Å². The van der Waals surface area contributed by atoms with Gasteiger partial charge in [0.05, 0.1) is 14.0 Å². The predicted molar refractivity (Wildman–Crippen MR) is 85.6 cm³/mol. The highest BCUT2D eigenvalue weighted by molar-refractivity contribution is 6.62. The van der Waals surface area contributed by atoms with E-state index in [4.69, 9.17) is 9.47 Å². The molecular weight excluding hydrogens is 268 g/mol. The standard InChI is InChI=1S/C16H30O3Si/c1-5-11-15(17)19-14(6-2)16(20(7-3)8-4)12-9-10-13-18-16/h5,11,14,20H,6-10,12-13H2,1-4H3. The average molecular weight is 298 g/mol. The van der Waals surface area contributed by atoms with Gasteiger partial charge in [-0.1, -0.05) is 38.9 Å². The molecule has 0 aromatic rings. The van der Waals surface area contributed by atoms with E-state index in [1.54, 1.807) is 6.08 Å². The normalized spacial score (nSPS) is 25.1. The van der Waals surface area contributed by atoms with Crippen molar-refractivity contribution < 1.29 is 14.3 Å². The minimum absolute atomic E-state index is 0.0805. The zero-order chi connectivity index (χ0) is 15.0. The average Bonchev–Trinajstić information content (AvgIpc) is 2.47. The van der Waals surface area contributed by atoms with Crippen LogP contribution in [-0.4, -0.2) is 32.7 Å². The molecular formula is C16H30O3Si. The van der Waals surface area contributed by atoms with E-state index in [2.05, 4.69) is 20.8 Å². The summed E-state index contributed by atoms with van der Waals surface area (Å²) in [5.74, 6) is -0.229. The molecule has 20 heavy (non-hydrogen) atoms. The van der Waals surface area contributed by atoms with E-state index in [0.29, 0.717) is 0 Å². The molecule has 0 saturated carbocycles. The van der Waals surface area contributed by atoms with Gasteiger partial charge in [-0.3, -0.25) is 0 Å². The van der Waals surface area contributed by atoms with Crippen molar-refractivity contribution in [3.8, 4) is 0 Å². The SMILES string of the molecule is CC=CC(=O)OC(CC)C1([SiH](CC)CC)CCCCO1. The smallest absolute Gasteiger partial charge is 0.330 e. The third kappa shape index (κ3) is 3.95. The molecule has 0 radical (unpaired) electrons. The third-order valence-electron chi connectivity index (χ3n) is 4.49. The first-order chi connectivity index (χ1) is 9.64. The number of esters is 1. The maximum atomic E-state index is 11.8. The number of allylic oxidation sites excluding steroid dienone is 1. The summed E-state index contributed by atoms with van der Waals surface area (Å²) in [6, 6.07) is 2.41. The largest absolute Gasteiger partial charge is 0.457 e. The minimum Gasteiger partial charge on any atom is -0.457 e. The Hall–Kier alpha value is -0.613. The fraction of sp³-hybridized carbons (Fsp3) is 0.812. The second-order valence-electron chi connectivity index (χ2n) is 5.61. The van der Waals surface area contributed by atoms with Gasteiger partial charge < -0.3 is 9.47 Å². The Bertz CT molecular complexity index is 318. The fourth-order valence-electron chi connectivity index (χ4n) is 3.50. The van der Waals surface area contributed by atoms with Gasteiger partial charge in [0, 0.05) is 12.7 Å². The Kier molecular flexibility index (Phi) is 7.52. The number of rotatable bonds is 7. The van der Waals surface area contributed by atoms with Crippen LogP contribution < -0.4 is 0 Å². The van der Waals surface area contributed by atoms with Gasteiger partial charge in [-0.2, -0.15) is 0 Å². The van der Waals surface area contributed by atoms with Gasteiger partial charge in [0.25, 0.3) is 0 Å². The summed E-state index contributed by atoms with van der Waals surface area (Å²) in [5, 5.41) is -0.145. The second kappa shape index (κ2) is 8.62. The van der Waals surface area contributed by atoms with Crippen molar-refractivity contribution in [2.75, 3.05) is 6.61 Å². The molecule has 1 saturated heterocycles. The summed E-state index contributed by atoms with van der Waals surface area (Å²) in [5.41, 5.74) is 0. The summed E-state index contributed by atoms with van der Waals surface area (Å²) in [4.78, 5) is 11.8. The maximum absolute atomic E-state index is 11.8. The molecule has 0 aromatic heterocycles. The Morgan fingerprint density at radius 3 is 2.50 bits per heavy atom. The van der Waals surface area contributed by atoms with Crippen molar-refractivity contribution in [1.29, 1.82) is 0 Å². The lowest BCUT2D eigenvalue weighted by molar-refractivity contribution is -0.162. The number of hydrogen-bond acceptors (Lipinski definition) is 3. The summed E-state index contributed by atoms with van der Waals surface area (Å²) in [6.07, 6.45) is 7.39. The molecule has 0 amide bonds. The number of ether oxygens (including phenoxy) is 2. The van der Waals surface area contributed by atoms with Crippen molar-refractivity contribution in [2.45, 2.75) is 76.8 Å². The van der Waals surface area contributed by atoms with E-state index in [1.165, 1.54) is 24.6 Å². The quantitative estimate of drug-likeness (QED) is 0.409. The number of hydrogen-bond donors (Lipinski definition) is 0. The minimum atomic E-state index is -1.09. The van der Waals surface area contributed by atoms with Gasteiger partial charge in [0.1, 0.15) is 6.10 Å². The maximum Gasteiger partial charge on any atom is 0.330 e. The Morgan fingerprint density at radius 1 is 1.35 bits per heavy atom. The molecule has 1 aliphatic rings. The van der Waals surface area contributed by atoms with Gasteiger partial charge in [0.15, 0.2) is 0 Å². The molecule has 2 unspecified atom stereocenters. The summed E-state index contributed by atoms with van der Waals surface area (Å²) < 4.78 is 12.1. The lowest BCUT2D eigenvalue weighted by Gasteiger charge is -2.46. The Labute approximate surface area is 125 Å². The van der Waals surface area contributed by atoms with E-state index >= 15 is 0 Å². The highest BCUT2D eigenvalue weighted by Crippen LogP contribution is 2.37. The van der Waals surface area contributed by atoms with Gasteiger partial charge in [0.2, 0.25) is 0 Å². The van der Waals surface area contributed by atoms with Crippen LogP contribution in [0.15, 0.2) is 12.2 Å². The van der Waals surface area contributed by atoms with Crippen LogP contribution in [0.1, 0.15) is 53.4 Å². The van der Waals surface area contributed by atoms with E-state index in [9.17, 15) is 4.79 Å². The van der Waals surface area contributed by atoms with Crippen LogP contribution >= 0.6 is 0 Å². The first kappa shape index (κ1) is 17.4. The van der Waals surface area contributed by atoms with E-state index in [0.717, 1.165) is 25.9 Å². The Morgan fingerprint density at radius 2 is 2.05 bits per heavy atom. The van der Waals surface area contributed by atoms with Gasteiger partial charge in [-0.15, -0.1) is 0 Å². The summed E-state index contributed by atoms with van der Waals surface area (Å²) in [7, 11) is -1.09. The topological polar surface area (TPSA) is 35.5 Å². The van der Waals surface area contributed by atoms with Crippen molar-refractivity contribution in [3.63, 3.8) is 0 Å². The zero-order valence-corrected chi connectivity index (χ0v) is 14.6. The molecule has 1 aliphatic heterocycles. The molecule has 0 bridgehead atoms. The molecule has 116 valence electrons. The molecule has 1 fully saturated rings. The highest BCUT2D eigenvalue weighted by Gasteiger charge is 2.47. The first-order valence-corrected chi connectivity index (χ1v) is 10.3. The first-order valence-electron chi connectivity index (χ1n) is 8.11. The summed E-state index contributed by atoms with van der Waals surface area (Å²) >= 11 is 0. The van der Waals surface area contributed by atoms with Crippen LogP contribution in [0, 0.1) is 0 Å². The van der Waals surface area contributed by atoms with Gasteiger partial charge in [-0.25, -0.2) is 4.79 Å². The van der Waals surface area contributed by atoms with Crippen molar-refractivity contribution in [1.82, 2.24) is 0 Å². The number of carbonyl (C=O) groups excluding carboxylic acids is 1. The van der Waals surface area contributed by atoms with E-state index in [1.807, 2.05) is 6.92 Å². The van der Waals surface area contributed by atoms with E-state index < -0.39 is 8.80 Å². The van der Waals surface area contributed by atoms with Crippen LogP contribution in [0.2, 0.25) is 12.1 Å². The second-order valence-corrected chi connectivity index (χ2v) is 9.61. The van der Waals surface area contributed by atoms with Crippen molar-refractivity contribution in [2.24, 2.45) is 0 Å². The highest BCUT2D eigenvalue weighted by atomic mass is 28.3. The molecule has 3 nitrogen and oxygen atoms in total. The lowest BCUT2D eigenvalue weighted by Crippen LogP contribution is -2.59. The van der Waals surface area contributed by atoms with Crippen LogP contribution in [0.5, 0.6) is 0 Å². The predicted octanol–water partition coefficient (Wildman–Crippen LogP) is 3.63. The van der Waals surface area contributed by atoms with Crippen LogP contribution in [0.3, 0.4) is 0 Å². The van der Waals surface area contributed by atoms with Gasteiger partial charge in [-0.05, 0) is 32.6 Å². The molecule has 1 rings (SSSR count). The van der Waals surface area contributed by atoms with Crippen LogP contribution in [-0.2, 0) is 14.3 Å². The molecule has 0 aliphatic carbocycles. The van der Waals surface area contributed by atoms with Crippen LogP contribution in [0.4, 0.5) is 0 Å². The molecule has 0 N–H and O–H groups in total. The molecule has 4 heteroatoms. The fourth-order valence-corrected chi connectivity index (χ4v) is 7.26. The lowest BCUT2D eigenvalue weighted by atomic mass is 10.0. The zero-order valence-electron chi connectivity index (χ0n) is 13.5. The molecule has 0 aromatic carbocycles. The van der Waals surface area contributed by atoms with E-state index in [-0.39, 0.29) is 17.3 Å². The molecule has 2 atom stereocenters. The Balaban J connectivity index is 2.96. The third-order valence-corrected chi connectivity index (χ3v) is 8.67. The monoisotopic (exact) mass is 298 g/mol. The van der Waals surface area contributed by atoms with Crippen molar-refractivity contribution in [3.05, 3.63) is 12.2 Å². The number of carbonyl (C=O) groups is 1. The summed E-state index contributed by atoms with van der Waals surface area (Å²) in [6.45, 7) is 9.29. The molecule has 0 spiro atoms. The van der Waals surface area contributed by atoms with Crippen LogP contribution in [0.25, 0.3) is 0 Å². The molecule has 1 heterocycles. The van der Waals surface area contributed by atoms with Gasteiger partial charge >= 0.3 is 5.97 Å².